The fourth-order valence-electron chi connectivity index (χ4n) is 2.89. The Morgan fingerprint density at radius 3 is 3.12 bits per heavy atom. The number of likely N-dealkylation sites (tertiary alicyclic amines) is 1. The molecule has 1 atom stereocenters. The Labute approximate surface area is 144 Å². The molecule has 9 heteroatoms. The molecule has 0 bridgehead atoms. The van der Waals surface area contributed by atoms with Gasteiger partial charge >= 0.3 is 0 Å². The Morgan fingerprint density at radius 1 is 1.50 bits per heavy atom. The van der Waals surface area contributed by atoms with Gasteiger partial charge in [0.15, 0.2) is 5.16 Å². The monoisotopic (exact) mass is 350 g/mol. The fraction of sp³-hybridized carbons (Fsp3) is 0.600. The maximum atomic E-state index is 12.5. The fourth-order valence-corrected chi connectivity index (χ4v) is 3.68. The van der Waals surface area contributed by atoms with Crippen molar-refractivity contribution in [1.82, 2.24) is 29.4 Å². The van der Waals surface area contributed by atoms with Gasteiger partial charge in [-0.15, -0.1) is 10.2 Å². The van der Waals surface area contributed by atoms with Gasteiger partial charge in [-0.3, -0.25) is 9.48 Å². The number of aliphatic hydroxyl groups excluding tert-OH is 1. The van der Waals surface area contributed by atoms with Gasteiger partial charge in [-0.2, -0.15) is 5.10 Å². The molecule has 1 saturated heterocycles. The van der Waals surface area contributed by atoms with Crippen molar-refractivity contribution in [1.29, 1.82) is 0 Å². The van der Waals surface area contributed by atoms with E-state index in [2.05, 4.69) is 15.3 Å². The molecule has 1 aliphatic heterocycles. The summed E-state index contributed by atoms with van der Waals surface area (Å²) in [6.07, 6.45) is 5.54. The molecule has 24 heavy (non-hydrogen) atoms. The predicted octanol–water partition coefficient (Wildman–Crippen LogP) is 0.502. The van der Waals surface area contributed by atoms with Gasteiger partial charge in [-0.05, 0) is 18.9 Å². The third-order valence-corrected chi connectivity index (χ3v) is 5.20. The Morgan fingerprint density at radius 2 is 2.38 bits per heavy atom. The van der Waals surface area contributed by atoms with Crippen molar-refractivity contribution in [3.8, 4) is 0 Å². The number of rotatable bonds is 6. The maximum absolute atomic E-state index is 12.5. The van der Waals surface area contributed by atoms with Crippen LogP contribution in [-0.2, 0) is 18.4 Å². The lowest BCUT2D eigenvalue weighted by atomic mass is 9.95. The van der Waals surface area contributed by atoms with Crippen molar-refractivity contribution in [2.24, 2.45) is 7.05 Å². The molecule has 2 aromatic heterocycles. The molecule has 1 aliphatic rings. The van der Waals surface area contributed by atoms with Crippen LogP contribution in [0.25, 0.3) is 0 Å². The van der Waals surface area contributed by atoms with E-state index in [1.54, 1.807) is 11.0 Å². The van der Waals surface area contributed by atoms with Crippen molar-refractivity contribution < 1.29 is 9.90 Å². The highest BCUT2D eigenvalue weighted by Gasteiger charge is 2.26. The third kappa shape index (κ3) is 3.96. The van der Waals surface area contributed by atoms with Gasteiger partial charge in [0.05, 0.1) is 24.6 Å². The first-order valence-electron chi connectivity index (χ1n) is 8.06. The Bertz CT molecular complexity index is 685. The molecule has 0 aromatic carbocycles. The number of hydrogen-bond acceptors (Lipinski definition) is 6. The number of carbonyl (C=O) groups excluding carboxylic acids is 1. The number of piperidine rings is 1. The Kier molecular flexibility index (Phi) is 5.52. The highest BCUT2D eigenvalue weighted by molar-refractivity contribution is 7.99. The summed E-state index contributed by atoms with van der Waals surface area (Å²) in [5, 5.41) is 22.0. The summed E-state index contributed by atoms with van der Waals surface area (Å²) in [6, 6.07) is 1.99. The number of carbonyl (C=O) groups is 1. The van der Waals surface area contributed by atoms with E-state index in [-0.39, 0.29) is 18.4 Å². The zero-order valence-corrected chi connectivity index (χ0v) is 14.5. The van der Waals surface area contributed by atoms with Crippen LogP contribution < -0.4 is 0 Å². The summed E-state index contributed by atoms with van der Waals surface area (Å²) >= 11 is 1.41. The molecule has 0 unspecified atom stereocenters. The minimum Gasteiger partial charge on any atom is -0.394 e. The molecule has 8 nitrogen and oxygen atoms in total. The van der Waals surface area contributed by atoms with Crippen LogP contribution in [0.15, 0.2) is 23.7 Å². The van der Waals surface area contributed by atoms with E-state index in [1.165, 1.54) is 11.8 Å². The Balaban J connectivity index is 1.56. The molecule has 0 aliphatic carbocycles. The summed E-state index contributed by atoms with van der Waals surface area (Å²) in [4.78, 5) is 14.4. The largest absolute Gasteiger partial charge is 0.394 e. The van der Waals surface area contributed by atoms with Gasteiger partial charge in [0.1, 0.15) is 6.33 Å². The minimum atomic E-state index is 0.0790. The second-order valence-corrected chi connectivity index (χ2v) is 6.86. The lowest BCUT2D eigenvalue weighted by Crippen LogP contribution is -2.40. The zero-order valence-electron chi connectivity index (χ0n) is 13.7. The molecule has 130 valence electrons. The number of nitrogens with zero attached hydrogens (tertiary/aromatic N) is 6. The van der Waals surface area contributed by atoms with E-state index >= 15 is 0 Å². The summed E-state index contributed by atoms with van der Waals surface area (Å²) in [7, 11) is 1.87. The van der Waals surface area contributed by atoms with E-state index < -0.39 is 0 Å². The highest BCUT2D eigenvalue weighted by Crippen LogP contribution is 2.26. The second kappa shape index (κ2) is 7.80. The summed E-state index contributed by atoms with van der Waals surface area (Å²) in [5.74, 6) is 0.767. The van der Waals surface area contributed by atoms with Crippen molar-refractivity contribution in [2.45, 2.75) is 30.5 Å². The lowest BCUT2D eigenvalue weighted by molar-refractivity contribution is -0.129. The van der Waals surface area contributed by atoms with E-state index in [0.29, 0.717) is 18.8 Å². The van der Waals surface area contributed by atoms with Crippen LogP contribution in [0.4, 0.5) is 0 Å². The number of aryl methyl sites for hydroxylation is 1. The number of amides is 1. The topological polar surface area (TPSA) is 89.1 Å². The summed E-state index contributed by atoms with van der Waals surface area (Å²) in [6.45, 7) is 2.08. The SMILES string of the molecule is Cn1cnnc1SCC(=O)N1CCC[C@H](c2ccn(CCO)n2)C1. The van der Waals surface area contributed by atoms with Crippen molar-refractivity contribution >= 4 is 17.7 Å². The molecule has 1 fully saturated rings. The van der Waals surface area contributed by atoms with Crippen LogP contribution >= 0.6 is 11.8 Å². The van der Waals surface area contributed by atoms with Gasteiger partial charge < -0.3 is 14.6 Å². The molecule has 3 rings (SSSR count). The molecule has 1 amide bonds. The molecular weight excluding hydrogens is 328 g/mol. The number of hydrogen-bond donors (Lipinski definition) is 1. The van der Waals surface area contributed by atoms with Crippen LogP contribution in [0.1, 0.15) is 24.5 Å². The molecule has 1 N–H and O–H groups in total. The van der Waals surface area contributed by atoms with Crippen molar-refractivity contribution in [2.75, 3.05) is 25.4 Å². The standard InChI is InChI=1S/C15H22N6O2S/c1-19-11-16-17-15(19)24-10-14(23)20-5-2-3-12(9-20)13-4-6-21(18-13)7-8-22/h4,6,11-12,22H,2-3,5,7-10H2,1H3/t12-/m0/s1. The predicted molar refractivity (Wildman–Crippen MR) is 89.6 cm³/mol. The van der Waals surface area contributed by atoms with Gasteiger partial charge in [0.25, 0.3) is 0 Å². The van der Waals surface area contributed by atoms with E-state index in [0.717, 1.165) is 30.2 Å². The zero-order chi connectivity index (χ0) is 16.9. The van der Waals surface area contributed by atoms with E-state index in [4.69, 9.17) is 5.11 Å². The lowest BCUT2D eigenvalue weighted by Gasteiger charge is -2.32. The van der Waals surface area contributed by atoms with Gasteiger partial charge in [0, 0.05) is 32.3 Å². The van der Waals surface area contributed by atoms with Gasteiger partial charge in [-0.1, -0.05) is 11.8 Å². The van der Waals surface area contributed by atoms with Crippen LogP contribution in [0.5, 0.6) is 0 Å². The smallest absolute Gasteiger partial charge is 0.233 e. The van der Waals surface area contributed by atoms with E-state index in [9.17, 15) is 4.79 Å². The van der Waals surface area contributed by atoms with Crippen molar-refractivity contribution in [3.63, 3.8) is 0 Å². The Hall–Kier alpha value is -1.87. The van der Waals surface area contributed by atoms with Gasteiger partial charge in [-0.25, -0.2) is 0 Å². The van der Waals surface area contributed by atoms with E-state index in [1.807, 2.05) is 28.8 Å². The molecule has 3 heterocycles. The number of aliphatic hydroxyl groups is 1. The first-order valence-corrected chi connectivity index (χ1v) is 9.04. The number of aromatic nitrogens is 5. The second-order valence-electron chi connectivity index (χ2n) is 5.92. The number of thioether (sulfide) groups is 1. The maximum Gasteiger partial charge on any atom is 0.233 e. The van der Waals surface area contributed by atoms with Crippen LogP contribution in [0.3, 0.4) is 0 Å². The molecule has 0 saturated carbocycles. The minimum absolute atomic E-state index is 0.0790. The normalized spacial score (nSPS) is 18.1. The van der Waals surface area contributed by atoms with Crippen LogP contribution in [0, 0.1) is 0 Å². The summed E-state index contributed by atoms with van der Waals surface area (Å²) < 4.78 is 3.56. The molecular formula is C15H22N6O2S. The highest BCUT2D eigenvalue weighted by atomic mass is 32.2. The quantitative estimate of drug-likeness (QED) is 0.763. The molecule has 0 radical (unpaired) electrons. The van der Waals surface area contributed by atoms with Crippen LogP contribution in [0.2, 0.25) is 0 Å². The average molecular weight is 350 g/mol. The molecule has 2 aromatic rings. The first kappa shape index (κ1) is 17.0. The van der Waals surface area contributed by atoms with Crippen molar-refractivity contribution in [3.05, 3.63) is 24.3 Å². The average Bonchev–Trinajstić information content (AvgIpc) is 3.22. The first-order chi connectivity index (χ1) is 11.7. The van der Waals surface area contributed by atoms with Gasteiger partial charge in [0.2, 0.25) is 5.91 Å². The third-order valence-electron chi connectivity index (χ3n) is 4.18. The molecule has 0 spiro atoms. The summed E-state index contributed by atoms with van der Waals surface area (Å²) in [5.41, 5.74) is 1.00. The van der Waals surface area contributed by atoms with Crippen LogP contribution in [-0.4, -0.2) is 65.9 Å².